The Bertz CT molecular complexity index is 616. The Morgan fingerprint density at radius 2 is 2.00 bits per heavy atom. The third-order valence-corrected chi connectivity index (χ3v) is 4.04. The molecule has 2 heterocycles. The van der Waals surface area contributed by atoms with Crippen LogP contribution < -0.4 is 14.8 Å². The molecule has 1 N–H and O–H groups in total. The lowest BCUT2D eigenvalue weighted by atomic mass is 9.90. The number of carbonyl (C=O) groups is 1. The van der Waals surface area contributed by atoms with Gasteiger partial charge in [0.25, 0.3) is 0 Å². The number of halogens is 2. The smallest absolute Gasteiger partial charge is 0.220 e. The van der Waals surface area contributed by atoms with Gasteiger partial charge in [-0.05, 0) is 20.3 Å². The summed E-state index contributed by atoms with van der Waals surface area (Å²) in [7, 11) is 0. The molecule has 0 aliphatic carbocycles. The Balaban J connectivity index is 1.82. The van der Waals surface area contributed by atoms with Crippen LogP contribution in [0.3, 0.4) is 0 Å². The zero-order chi connectivity index (χ0) is 15.9. The van der Waals surface area contributed by atoms with E-state index in [9.17, 15) is 13.6 Å². The highest BCUT2D eigenvalue weighted by molar-refractivity contribution is 5.76. The number of benzene rings is 1. The largest absolute Gasteiger partial charge is 0.490 e. The molecular formula is C16H19F2NO3. The van der Waals surface area contributed by atoms with Crippen molar-refractivity contribution in [1.82, 2.24) is 5.32 Å². The van der Waals surface area contributed by atoms with Crippen LogP contribution in [0.1, 0.15) is 43.7 Å². The standard InChI is InChI=1S/C16H19F2NO3/c1-8(2)19-11(20)4-3-9-7-22-16-12(9)10-5-6-21-15(10)13(17)14(16)18/h8-9H,3-7H2,1-2H3,(H,19,20)/t9-/m1/s1. The van der Waals surface area contributed by atoms with Crippen molar-refractivity contribution in [2.24, 2.45) is 0 Å². The minimum atomic E-state index is -0.982. The van der Waals surface area contributed by atoms with Crippen molar-refractivity contribution in [1.29, 1.82) is 0 Å². The molecule has 1 aromatic carbocycles. The third-order valence-electron chi connectivity index (χ3n) is 4.04. The molecule has 0 bridgehead atoms. The molecule has 2 aliphatic heterocycles. The van der Waals surface area contributed by atoms with Gasteiger partial charge in [-0.2, -0.15) is 8.78 Å². The summed E-state index contributed by atoms with van der Waals surface area (Å²) in [6, 6.07) is 0.0869. The molecule has 0 aromatic heterocycles. The topological polar surface area (TPSA) is 47.6 Å². The van der Waals surface area contributed by atoms with Crippen LogP contribution in [0.5, 0.6) is 11.5 Å². The van der Waals surface area contributed by atoms with Crippen molar-refractivity contribution >= 4 is 5.91 Å². The zero-order valence-electron chi connectivity index (χ0n) is 12.7. The maximum atomic E-state index is 14.0. The van der Waals surface area contributed by atoms with Gasteiger partial charge in [0, 0.05) is 35.9 Å². The SMILES string of the molecule is CC(C)NC(=O)CC[C@@H]1COc2c(F)c(F)c3c(c21)CCO3. The highest BCUT2D eigenvalue weighted by atomic mass is 19.2. The average molecular weight is 311 g/mol. The second-order valence-electron chi connectivity index (χ2n) is 6.05. The first-order valence-electron chi connectivity index (χ1n) is 7.57. The van der Waals surface area contributed by atoms with E-state index in [2.05, 4.69) is 5.32 Å². The first kappa shape index (κ1) is 15.1. The van der Waals surface area contributed by atoms with E-state index in [4.69, 9.17) is 9.47 Å². The molecule has 0 spiro atoms. The Kier molecular flexibility index (Phi) is 3.93. The van der Waals surface area contributed by atoms with Crippen molar-refractivity contribution < 1.29 is 23.0 Å². The van der Waals surface area contributed by atoms with Gasteiger partial charge < -0.3 is 14.8 Å². The number of hydrogen-bond acceptors (Lipinski definition) is 3. The molecule has 0 unspecified atom stereocenters. The fourth-order valence-electron chi connectivity index (χ4n) is 3.13. The van der Waals surface area contributed by atoms with Crippen molar-refractivity contribution in [3.8, 4) is 11.5 Å². The quantitative estimate of drug-likeness (QED) is 0.930. The lowest BCUT2D eigenvalue weighted by Gasteiger charge is -2.13. The number of nitrogens with one attached hydrogen (secondary N) is 1. The van der Waals surface area contributed by atoms with Crippen LogP contribution in [0.25, 0.3) is 0 Å². The molecule has 2 aliphatic rings. The molecule has 0 fully saturated rings. The van der Waals surface area contributed by atoms with Crippen LogP contribution in [0.4, 0.5) is 8.78 Å². The maximum Gasteiger partial charge on any atom is 0.220 e. The van der Waals surface area contributed by atoms with Crippen LogP contribution in [-0.2, 0) is 11.2 Å². The predicted molar refractivity (Wildman–Crippen MR) is 76.3 cm³/mol. The summed E-state index contributed by atoms with van der Waals surface area (Å²) in [5.41, 5.74) is 1.38. The number of ether oxygens (including phenoxy) is 2. The van der Waals surface area contributed by atoms with Crippen molar-refractivity contribution in [3.05, 3.63) is 22.8 Å². The van der Waals surface area contributed by atoms with Gasteiger partial charge in [0.2, 0.25) is 17.5 Å². The summed E-state index contributed by atoms with van der Waals surface area (Å²) in [4.78, 5) is 11.8. The van der Waals surface area contributed by atoms with Crippen molar-refractivity contribution in [2.45, 2.75) is 45.1 Å². The minimum Gasteiger partial charge on any atom is -0.490 e. The Labute approximate surface area is 127 Å². The Morgan fingerprint density at radius 1 is 1.27 bits per heavy atom. The van der Waals surface area contributed by atoms with Gasteiger partial charge in [-0.15, -0.1) is 0 Å². The van der Waals surface area contributed by atoms with Crippen molar-refractivity contribution in [3.63, 3.8) is 0 Å². The lowest BCUT2D eigenvalue weighted by molar-refractivity contribution is -0.121. The highest BCUT2D eigenvalue weighted by Crippen LogP contribution is 2.47. The highest BCUT2D eigenvalue weighted by Gasteiger charge is 2.37. The zero-order valence-corrected chi connectivity index (χ0v) is 12.7. The van der Waals surface area contributed by atoms with Gasteiger partial charge in [0.1, 0.15) is 0 Å². The normalized spacial score (nSPS) is 18.7. The van der Waals surface area contributed by atoms with E-state index in [1.807, 2.05) is 13.8 Å². The first-order valence-corrected chi connectivity index (χ1v) is 7.57. The molecule has 120 valence electrons. The van der Waals surface area contributed by atoms with Gasteiger partial charge in [-0.1, -0.05) is 0 Å². The fourth-order valence-corrected chi connectivity index (χ4v) is 3.13. The molecule has 0 saturated carbocycles. The Hall–Kier alpha value is -1.85. The van der Waals surface area contributed by atoms with Crippen LogP contribution in [0, 0.1) is 11.6 Å². The molecule has 0 saturated heterocycles. The van der Waals surface area contributed by atoms with Crippen LogP contribution >= 0.6 is 0 Å². The van der Waals surface area contributed by atoms with E-state index >= 15 is 0 Å². The number of carbonyl (C=O) groups excluding carboxylic acids is 1. The summed E-state index contributed by atoms with van der Waals surface area (Å²) >= 11 is 0. The van der Waals surface area contributed by atoms with Crippen molar-refractivity contribution in [2.75, 3.05) is 13.2 Å². The number of rotatable bonds is 4. The second-order valence-corrected chi connectivity index (χ2v) is 6.05. The number of amides is 1. The first-order chi connectivity index (χ1) is 10.5. The van der Waals surface area contributed by atoms with Gasteiger partial charge in [-0.25, -0.2) is 0 Å². The summed E-state index contributed by atoms with van der Waals surface area (Å²) in [6.45, 7) is 4.42. The molecule has 0 radical (unpaired) electrons. The molecule has 1 atom stereocenters. The van der Waals surface area contributed by atoms with Gasteiger partial charge in [0.05, 0.1) is 13.2 Å². The maximum absolute atomic E-state index is 14.0. The molecule has 22 heavy (non-hydrogen) atoms. The Morgan fingerprint density at radius 3 is 2.73 bits per heavy atom. The monoisotopic (exact) mass is 311 g/mol. The summed E-state index contributed by atoms with van der Waals surface area (Å²) in [6.07, 6.45) is 1.43. The average Bonchev–Trinajstić information content (AvgIpc) is 3.08. The van der Waals surface area contributed by atoms with Gasteiger partial charge in [-0.3, -0.25) is 4.79 Å². The second kappa shape index (κ2) is 5.74. The molecule has 1 amide bonds. The molecule has 6 heteroatoms. The van der Waals surface area contributed by atoms with Crippen LogP contribution in [0.15, 0.2) is 0 Å². The summed E-state index contributed by atoms with van der Waals surface area (Å²) in [5, 5.41) is 2.82. The van der Waals surface area contributed by atoms with E-state index in [-0.39, 0.29) is 36.0 Å². The number of hydrogen-bond donors (Lipinski definition) is 1. The molecule has 1 aromatic rings. The van der Waals surface area contributed by atoms with Crippen LogP contribution in [-0.4, -0.2) is 25.2 Å². The fraction of sp³-hybridized carbons (Fsp3) is 0.562. The molecular weight excluding hydrogens is 292 g/mol. The van der Waals surface area contributed by atoms with Gasteiger partial charge >= 0.3 is 0 Å². The third kappa shape index (κ3) is 2.51. The van der Waals surface area contributed by atoms with Gasteiger partial charge in [0.15, 0.2) is 11.5 Å². The molecule has 3 rings (SSSR count). The van der Waals surface area contributed by atoms with E-state index < -0.39 is 11.6 Å². The minimum absolute atomic E-state index is 0.00369. The summed E-state index contributed by atoms with van der Waals surface area (Å²) < 4.78 is 38.5. The lowest BCUT2D eigenvalue weighted by Crippen LogP contribution is -2.30. The predicted octanol–water partition coefficient (Wildman–Crippen LogP) is 2.68. The van der Waals surface area contributed by atoms with Crippen LogP contribution in [0.2, 0.25) is 0 Å². The van der Waals surface area contributed by atoms with E-state index in [0.29, 0.717) is 37.0 Å². The number of fused-ring (bicyclic) bond motifs is 3. The van der Waals surface area contributed by atoms with E-state index in [0.717, 1.165) is 0 Å². The summed E-state index contributed by atoms with van der Waals surface area (Å²) in [5.74, 6) is -2.08. The van der Waals surface area contributed by atoms with E-state index in [1.165, 1.54) is 0 Å². The van der Waals surface area contributed by atoms with E-state index in [1.54, 1.807) is 0 Å². The molecule has 4 nitrogen and oxygen atoms in total.